The van der Waals surface area contributed by atoms with Crippen molar-refractivity contribution in [1.82, 2.24) is 0 Å². The second-order valence-corrected chi connectivity index (χ2v) is 4.38. The molecule has 2 fully saturated rings. The Kier molecular flexibility index (Phi) is 1.93. The van der Waals surface area contributed by atoms with Gasteiger partial charge in [-0.25, -0.2) is 0 Å². The van der Waals surface area contributed by atoms with Gasteiger partial charge < -0.3 is 19.3 Å². The van der Waals surface area contributed by atoms with E-state index in [9.17, 15) is 0 Å². The molecule has 76 valence electrons. The highest BCUT2D eigenvalue weighted by Gasteiger charge is 2.59. The second-order valence-electron chi connectivity index (χ2n) is 4.38. The van der Waals surface area contributed by atoms with Gasteiger partial charge in [-0.1, -0.05) is 0 Å². The lowest BCUT2D eigenvalue weighted by Crippen LogP contribution is -2.29. The highest BCUT2D eigenvalue weighted by atomic mass is 16.8. The number of aliphatic hydroxyl groups is 1. The minimum absolute atomic E-state index is 0.0146. The first-order chi connectivity index (χ1) is 5.97. The van der Waals surface area contributed by atoms with E-state index in [2.05, 4.69) is 0 Å². The lowest BCUT2D eigenvalue weighted by molar-refractivity contribution is -0.140. The SMILES string of the molecule is CC1(C)OC[C@H]([C@H]2O[C@]2(C)CO)O1. The Morgan fingerprint density at radius 2 is 2.00 bits per heavy atom. The third-order valence-corrected chi connectivity index (χ3v) is 2.62. The van der Waals surface area contributed by atoms with E-state index in [1.807, 2.05) is 20.8 Å². The molecule has 0 unspecified atom stereocenters. The summed E-state index contributed by atoms with van der Waals surface area (Å²) in [6.07, 6.45) is -0.0496. The van der Waals surface area contributed by atoms with Gasteiger partial charge in [0, 0.05) is 0 Å². The molecule has 0 bridgehead atoms. The van der Waals surface area contributed by atoms with E-state index in [0.29, 0.717) is 6.61 Å². The van der Waals surface area contributed by atoms with Crippen molar-refractivity contribution in [3.05, 3.63) is 0 Å². The largest absolute Gasteiger partial charge is 0.393 e. The first-order valence-corrected chi connectivity index (χ1v) is 4.57. The van der Waals surface area contributed by atoms with Crippen LogP contribution in [-0.2, 0) is 14.2 Å². The van der Waals surface area contributed by atoms with Crippen molar-refractivity contribution in [2.24, 2.45) is 0 Å². The fraction of sp³-hybridized carbons (Fsp3) is 1.00. The molecular formula is C9H16O4. The van der Waals surface area contributed by atoms with Gasteiger partial charge >= 0.3 is 0 Å². The summed E-state index contributed by atoms with van der Waals surface area (Å²) in [5, 5.41) is 9.00. The minimum atomic E-state index is -0.507. The van der Waals surface area contributed by atoms with Gasteiger partial charge in [-0.2, -0.15) is 0 Å². The number of ether oxygens (including phenoxy) is 3. The molecule has 0 amide bonds. The van der Waals surface area contributed by atoms with Crippen LogP contribution >= 0.6 is 0 Å². The molecule has 4 heteroatoms. The average molecular weight is 188 g/mol. The van der Waals surface area contributed by atoms with E-state index in [-0.39, 0.29) is 18.8 Å². The highest BCUT2D eigenvalue weighted by molar-refractivity contribution is 5.04. The first kappa shape index (κ1) is 9.40. The highest BCUT2D eigenvalue weighted by Crippen LogP contribution is 2.42. The zero-order chi connectivity index (χ0) is 9.69. The number of epoxide rings is 1. The summed E-state index contributed by atoms with van der Waals surface area (Å²) in [7, 11) is 0. The fourth-order valence-corrected chi connectivity index (χ4v) is 1.72. The van der Waals surface area contributed by atoms with Crippen LogP contribution in [0.1, 0.15) is 20.8 Å². The molecule has 0 aliphatic carbocycles. The second kappa shape index (κ2) is 2.67. The predicted octanol–water partition coefficient (Wildman–Crippen LogP) is 0.288. The van der Waals surface area contributed by atoms with Gasteiger partial charge in [-0.3, -0.25) is 0 Å². The van der Waals surface area contributed by atoms with Crippen molar-refractivity contribution in [1.29, 1.82) is 0 Å². The molecule has 13 heavy (non-hydrogen) atoms. The van der Waals surface area contributed by atoms with Crippen molar-refractivity contribution >= 4 is 0 Å². The quantitative estimate of drug-likeness (QED) is 0.633. The number of rotatable bonds is 2. The molecule has 0 spiro atoms. The normalized spacial score (nSPS) is 48.0. The van der Waals surface area contributed by atoms with Gasteiger partial charge in [-0.15, -0.1) is 0 Å². The third-order valence-electron chi connectivity index (χ3n) is 2.62. The van der Waals surface area contributed by atoms with Crippen LogP contribution in [0.15, 0.2) is 0 Å². The summed E-state index contributed by atoms with van der Waals surface area (Å²) in [4.78, 5) is 0. The molecule has 0 saturated carbocycles. The van der Waals surface area contributed by atoms with Crippen molar-refractivity contribution in [2.45, 2.75) is 44.4 Å². The van der Waals surface area contributed by atoms with Crippen LogP contribution in [0.5, 0.6) is 0 Å². The van der Waals surface area contributed by atoms with Crippen LogP contribution in [0.25, 0.3) is 0 Å². The Balaban J connectivity index is 1.93. The summed E-state index contributed by atoms with van der Waals surface area (Å²) in [5.41, 5.74) is -0.408. The first-order valence-electron chi connectivity index (χ1n) is 4.57. The molecule has 2 aliphatic heterocycles. The molecule has 1 N–H and O–H groups in total. The predicted molar refractivity (Wildman–Crippen MR) is 45.3 cm³/mol. The maximum absolute atomic E-state index is 9.00. The lowest BCUT2D eigenvalue weighted by Gasteiger charge is -2.16. The Hall–Kier alpha value is -0.160. The maximum atomic E-state index is 9.00. The molecule has 0 radical (unpaired) electrons. The Labute approximate surface area is 77.8 Å². The molecule has 0 aromatic rings. The van der Waals surface area contributed by atoms with Gasteiger partial charge in [0.25, 0.3) is 0 Å². The summed E-state index contributed by atoms with van der Waals surface area (Å²) < 4.78 is 16.4. The summed E-state index contributed by atoms with van der Waals surface area (Å²) in [6.45, 7) is 6.23. The van der Waals surface area contributed by atoms with Gasteiger partial charge in [0.15, 0.2) is 5.79 Å². The number of hydrogen-bond acceptors (Lipinski definition) is 4. The van der Waals surface area contributed by atoms with Gasteiger partial charge in [0.2, 0.25) is 0 Å². The molecule has 4 nitrogen and oxygen atoms in total. The van der Waals surface area contributed by atoms with Crippen molar-refractivity contribution in [3.63, 3.8) is 0 Å². The summed E-state index contributed by atoms with van der Waals surface area (Å²) >= 11 is 0. The fourth-order valence-electron chi connectivity index (χ4n) is 1.72. The maximum Gasteiger partial charge on any atom is 0.163 e. The zero-order valence-electron chi connectivity index (χ0n) is 8.24. The Bertz CT molecular complexity index is 216. The molecular weight excluding hydrogens is 172 g/mol. The van der Waals surface area contributed by atoms with Crippen molar-refractivity contribution in [2.75, 3.05) is 13.2 Å². The van der Waals surface area contributed by atoms with Crippen LogP contribution < -0.4 is 0 Å². The molecule has 2 rings (SSSR count). The van der Waals surface area contributed by atoms with Crippen LogP contribution in [0.4, 0.5) is 0 Å². The Morgan fingerprint density at radius 3 is 2.38 bits per heavy atom. The zero-order valence-corrected chi connectivity index (χ0v) is 8.24. The van der Waals surface area contributed by atoms with E-state index >= 15 is 0 Å². The molecule has 2 heterocycles. The molecule has 2 saturated heterocycles. The van der Waals surface area contributed by atoms with E-state index in [0.717, 1.165) is 0 Å². The van der Waals surface area contributed by atoms with E-state index in [4.69, 9.17) is 19.3 Å². The van der Waals surface area contributed by atoms with Gasteiger partial charge in [0.1, 0.15) is 17.8 Å². The standard InChI is InChI=1S/C9H16O4/c1-8(2)11-4-6(12-8)7-9(3,5-10)13-7/h6-7,10H,4-5H2,1-3H3/t6-,7-,9-/m1/s1. The topological polar surface area (TPSA) is 51.2 Å². The van der Waals surface area contributed by atoms with E-state index < -0.39 is 11.4 Å². The average Bonchev–Trinajstić information content (AvgIpc) is 2.60. The van der Waals surface area contributed by atoms with Gasteiger partial charge in [-0.05, 0) is 20.8 Å². The molecule has 0 aromatic heterocycles. The monoisotopic (exact) mass is 188 g/mol. The Morgan fingerprint density at radius 1 is 1.31 bits per heavy atom. The smallest absolute Gasteiger partial charge is 0.163 e. The van der Waals surface area contributed by atoms with Gasteiger partial charge in [0.05, 0.1) is 13.2 Å². The molecule has 2 aliphatic rings. The number of aliphatic hydroxyl groups excluding tert-OH is 1. The molecule has 0 aromatic carbocycles. The van der Waals surface area contributed by atoms with Crippen molar-refractivity contribution in [3.8, 4) is 0 Å². The van der Waals surface area contributed by atoms with Crippen molar-refractivity contribution < 1.29 is 19.3 Å². The summed E-state index contributed by atoms with van der Waals surface area (Å²) in [6, 6.07) is 0. The summed E-state index contributed by atoms with van der Waals surface area (Å²) in [5.74, 6) is -0.507. The lowest BCUT2D eigenvalue weighted by atomic mass is 10.1. The van der Waals surface area contributed by atoms with E-state index in [1.54, 1.807) is 0 Å². The minimum Gasteiger partial charge on any atom is -0.393 e. The molecule has 3 atom stereocenters. The van der Waals surface area contributed by atoms with Crippen LogP contribution in [0.3, 0.4) is 0 Å². The van der Waals surface area contributed by atoms with E-state index in [1.165, 1.54) is 0 Å². The number of hydrogen-bond donors (Lipinski definition) is 1. The third kappa shape index (κ3) is 1.59. The van der Waals surface area contributed by atoms with Crippen LogP contribution in [0, 0.1) is 0 Å². The van der Waals surface area contributed by atoms with Crippen LogP contribution in [-0.4, -0.2) is 41.9 Å². The van der Waals surface area contributed by atoms with Crippen LogP contribution in [0.2, 0.25) is 0 Å².